The summed E-state index contributed by atoms with van der Waals surface area (Å²) in [6.45, 7) is 3.66. The molecule has 1 aromatic carbocycles. The molecule has 2 rings (SSSR count). The first-order valence-corrected chi connectivity index (χ1v) is 6.42. The zero-order valence-electron chi connectivity index (χ0n) is 10.6. The molecule has 0 amide bonds. The SMILES string of the molecule is CC1CC(O)CCN1CCc1ccc(F)cc1F. The molecule has 100 valence electrons. The summed E-state index contributed by atoms with van der Waals surface area (Å²) >= 11 is 0. The number of likely N-dealkylation sites (tertiary alicyclic amines) is 1. The van der Waals surface area contributed by atoms with E-state index < -0.39 is 11.6 Å². The predicted molar refractivity (Wildman–Crippen MR) is 66.3 cm³/mol. The van der Waals surface area contributed by atoms with E-state index in [9.17, 15) is 13.9 Å². The minimum absolute atomic E-state index is 0.209. The summed E-state index contributed by atoms with van der Waals surface area (Å²) in [6, 6.07) is 4.05. The molecule has 0 radical (unpaired) electrons. The lowest BCUT2D eigenvalue weighted by Gasteiger charge is -2.35. The highest BCUT2D eigenvalue weighted by Gasteiger charge is 2.23. The van der Waals surface area contributed by atoms with Crippen LogP contribution in [0.2, 0.25) is 0 Å². The van der Waals surface area contributed by atoms with Crippen LogP contribution in [0.15, 0.2) is 18.2 Å². The van der Waals surface area contributed by atoms with E-state index >= 15 is 0 Å². The molecule has 2 unspecified atom stereocenters. The first kappa shape index (κ1) is 13.4. The van der Waals surface area contributed by atoms with Crippen LogP contribution in [0.25, 0.3) is 0 Å². The highest BCUT2D eigenvalue weighted by molar-refractivity contribution is 5.18. The van der Waals surface area contributed by atoms with Gasteiger partial charge in [0.25, 0.3) is 0 Å². The minimum atomic E-state index is -0.536. The van der Waals surface area contributed by atoms with Gasteiger partial charge in [0.2, 0.25) is 0 Å². The normalized spacial score (nSPS) is 25.3. The summed E-state index contributed by atoms with van der Waals surface area (Å²) in [7, 11) is 0. The Hall–Kier alpha value is -1.00. The molecule has 0 aromatic heterocycles. The van der Waals surface area contributed by atoms with Crippen molar-refractivity contribution >= 4 is 0 Å². The van der Waals surface area contributed by atoms with Gasteiger partial charge in [-0.2, -0.15) is 0 Å². The molecule has 18 heavy (non-hydrogen) atoms. The summed E-state index contributed by atoms with van der Waals surface area (Å²) in [5, 5.41) is 9.53. The van der Waals surface area contributed by atoms with Gasteiger partial charge in [-0.05, 0) is 37.8 Å². The lowest BCUT2D eigenvalue weighted by Crippen LogP contribution is -2.43. The summed E-state index contributed by atoms with van der Waals surface area (Å²) in [4.78, 5) is 2.25. The Kier molecular flexibility index (Phi) is 4.30. The number of benzene rings is 1. The molecule has 1 aromatic rings. The van der Waals surface area contributed by atoms with E-state index in [-0.39, 0.29) is 6.10 Å². The Morgan fingerprint density at radius 3 is 2.83 bits per heavy atom. The van der Waals surface area contributed by atoms with E-state index in [0.29, 0.717) is 18.0 Å². The molecule has 1 aliphatic rings. The maximum Gasteiger partial charge on any atom is 0.129 e. The lowest BCUT2D eigenvalue weighted by atomic mass is 10.00. The van der Waals surface area contributed by atoms with Crippen molar-refractivity contribution in [2.24, 2.45) is 0 Å². The van der Waals surface area contributed by atoms with Crippen molar-refractivity contribution in [1.29, 1.82) is 0 Å². The van der Waals surface area contributed by atoms with E-state index in [4.69, 9.17) is 0 Å². The molecule has 2 nitrogen and oxygen atoms in total. The molecule has 0 saturated carbocycles. The lowest BCUT2D eigenvalue weighted by molar-refractivity contribution is 0.0489. The van der Waals surface area contributed by atoms with Crippen LogP contribution in [0.1, 0.15) is 25.3 Å². The van der Waals surface area contributed by atoms with Crippen LogP contribution in [0.4, 0.5) is 8.78 Å². The average Bonchev–Trinajstić information content (AvgIpc) is 2.30. The van der Waals surface area contributed by atoms with Gasteiger partial charge in [0.1, 0.15) is 11.6 Å². The first-order chi connectivity index (χ1) is 8.56. The van der Waals surface area contributed by atoms with Gasteiger partial charge < -0.3 is 10.0 Å². The second-order valence-corrected chi connectivity index (χ2v) is 5.05. The number of piperidine rings is 1. The van der Waals surface area contributed by atoms with E-state index in [1.807, 2.05) is 0 Å². The fourth-order valence-corrected chi connectivity index (χ4v) is 2.52. The molecule has 1 aliphatic heterocycles. The van der Waals surface area contributed by atoms with E-state index in [1.54, 1.807) is 0 Å². The molecule has 2 atom stereocenters. The highest BCUT2D eigenvalue weighted by Crippen LogP contribution is 2.18. The van der Waals surface area contributed by atoms with Crippen LogP contribution in [0, 0.1) is 11.6 Å². The molecular formula is C14H19F2NO. The van der Waals surface area contributed by atoms with Crippen LogP contribution < -0.4 is 0 Å². The van der Waals surface area contributed by atoms with Gasteiger partial charge in [-0.25, -0.2) is 8.78 Å². The van der Waals surface area contributed by atoms with Gasteiger partial charge >= 0.3 is 0 Å². The smallest absolute Gasteiger partial charge is 0.129 e. The van der Waals surface area contributed by atoms with Crippen molar-refractivity contribution in [1.82, 2.24) is 4.90 Å². The molecule has 0 spiro atoms. The van der Waals surface area contributed by atoms with Crippen LogP contribution in [-0.4, -0.2) is 35.2 Å². The van der Waals surface area contributed by atoms with Crippen molar-refractivity contribution in [3.63, 3.8) is 0 Å². The van der Waals surface area contributed by atoms with Crippen molar-refractivity contribution in [3.05, 3.63) is 35.4 Å². The number of halogens is 2. The van der Waals surface area contributed by atoms with Crippen LogP contribution >= 0.6 is 0 Å². The van der Waals surface area contributed by atoms with Crippen molar-refractivity contribution < 1.29 is 13.9 Å². The molecule has 0 bridgehead atoms. The maximum absolute atomic E-state index is 13.5. The van der Waals surface area contributed by atoms with Gasteiger partial charge in [-0.3, -0.25) is 0 Å². The Balaban J connectivity index is 1.91. The van der Waals surface area contributed by atoms with Gasteiger partial charge in [0.05, 0.1) is 6.10 Å². The van der Waals surface area contributed by atoms with Gasteiger partial charge in [-0.15, -0.1) is 0 Å². The minimum Gasteiger partial charge on any atom is -0.393 e. The van der Waals surface area contributed by atoms with E-state index in [1.165, 1.54) is 12.1 Å². The van der Waals surface area contributed by atoms with Gasteiger partial charge in [0, 0.05) is 25.2 Å². The van der Waals surface area contributed by atoms with Crippen LogP contribution in [-0.2, 0) is 6.42 Å². The Morgan fingerprint density at radius 1 is 1.39 bits per heavy atom. The third-order valence-electron chi connectivity index (χ3n) is 3.67. The highest BCUT2D eigenvalue weighted by atomic mass is 19.1. The van der Waals surface area contributed by atoms with E-state index in [2.05, 4.69) is 11.8 Å². The monoisotopic (exact) mass is 255 g/mol. The fourth-order valence-electron chi connectivity index (χ4n) is 2.52. The molecular weight excluding hydrogens is 236 g/mol. The molecule has 1 heterocycles. The van der Waals surface area contributed by atoms with Crippen LogP contribution in [0.3, 0.4) is 0 Å². The van der Waals surface area contributed by atoms with Crippen LogP contribution in [0.5, 0.6) is 0 Å². The predicted octanol–water partition coefficient (Wildman–Crippen LogP) is 2.35. The van der Waals surface area contributed by atoms with Crippen molar-refractivity contribution in [3.8, 4) is 0 Å². The standard InChI is InChI=1S/C14H19F2NO/c1-10-8-13(18)5-7-17(10)6-4-11-2-3-12(15)9-14(11)16/h2-3,9-10,13,18H,4-8H2,1H3. The summed E-state index contributed by atoms with van der Waals surface area (Å²) in [5.74, 6) is -1.01. The topological polar surface area (TPSA) is 23.5 Å². The third kappa shape index (κ3) is 3.27. The van der Waals surface area contributed by atoms with Crippen molar-refractivity contribution in [2.45, 2.75) is 38.3 Å². The summed E-state index contributed by atoms with van der Waals surface area (Å²) in [6.07, 6.45) is 1.91. The Morgan fingerprint density at radius 2 is 2.17 bits per heavy atom. The van der Waals surface area contributed by atoms with E-state index in [0.717, 1.165) is 32.0 Å². The third-order valence-corrected chi connectivity index (χ3v) is 3.67. The number of hydrogen-bond acceptors (Lipinski definition) is 2. The second kappa shape index (κ2) is 5.76. The Labute approximate surface area is 106 Å². The average molecular weight is 255 g/mol. The van der Waals surface area contributed by atoms with Gasteiger partial charge in [0.15, 0.2) is 0 Å². The zero-order chi connectivity index (χ0) is 13.1. The van der Waals surface area contributed by atoms with Crippen molar-refractivity contribution in [2.75, 3.05) is 13.1 Å². The second-order valence-electron chi connectivity index (χ2n) is 5.05. The summed E-state index contributed by atoms with van der Waals surface area (Å²) in [5.41, 5.74) is 0.551. The maximum atomic E-state index is 13.5. The molecule has 1 fully saturated rings. The molecule has 1 N–H and O–H groups in total. The fraction of sp³-hybridized carbons (Fsp3) is 0.571. The molecule has 4 heteroatoms. The summed E-state index contributed by atoms with van der Waals surface area (Å²) < 4.78 is 26.2. The largest absolute Gasteiger partial charge is 0.393 e. The zero-order valence-corrected chi connectivity index (χ0v) is 10.6. The number of aliphatic hydroxyl groups is 1. The molecule has 0 aliphatic carbocycles. The quantitative estimate of drug-likeness (QED) is 0.896. The Bertz CT molecular complexity index is 411. The number of aliphatic hydroxyl groups excluding tert-OH is 1. The van der Waals surface area contributed by atoms with Gasteiger partial charge in [-0.1, -0.05) is 6.07 Å². The molecule has 1 saturated heterocycles. The first-order valence-electron chi connectivity index (χ1n) is 6.42. The number of rotatable bonds is 3. The number of hydrogen-bond donors (Lipinski definition) is 1. The number of nitrogens with zero attached hydrogens (tertiary/aromatic N) is 1.